The quantitative estimate of drug-likeness (QED) is 0.789. The summed E-state index contributed by atoms with van der Waals surface area (Å²) in [5.74, 6) is 0.336. The maximum atomic E-state index is 12.4. The van der Waals surface area contributed by atoms with E-state index in [4.69, 9.17) is 4.74 Å². The molecule has 1 spiro atoms. The molecule has 1 aromatic rings. The Morgan fingerprint density at radius 3 is 2.61 bits per heavy atom. The predicted octanol–water partition coefficient (Wildman–Crippen LogP) is 3.94. The maximum absolute atomic E-state index is 12.4. The first kappa shape index (κ1) is 15.9. The molecule has 0 bridgehead atoms. The molecule has 4 nitrogen and oxygen atoms in total. The summed E-state index contributed by atoms with van der Waals surface area (Å²) >= 11 is 0. The van der Waals surface area contributed by atoms with Gasteiger partial charge in [-0.25, -0.2) is 4.79 Å². The van der Waals surface area contributed by atoms with Crippen molar-refractivity contribution in [2.75, 3.05) is 13.1 Å². The summed E-state index contributed by atoms with van der Waals surface area (Å²) in [6.07, 6.45) is 1.58. The lowest BCUT2D eigenvalue weighted by atomic mass is 9.76. The maximum Gasteiger partial charge on any atom is 0.410 e. The molecule has 1 amide bonds. The average Bonchev–Trinajstić information content (AvgIpc) is 3.20. The summed E-state index contributed by atoms with van der Waals surface area (Å²) in [6, 6.07) is 12.7. The fourth-order valence-electron chi connectivity index (χ4n) is 3.78. The second-order valence-corrected chi connectivity index (χ2v) is 7.76. The van der Waals surface area contributed by atoms with Crippen molar-refractivity contribution in [2.45, 2.75) is 45.1 Å². The summed E-state index contributed by atoms with van der Waals surface area (Å²) in [7, 11) is 0. The molecule has 1 aliphatic carbocycles. The van der Waals surface area contributed by atoms with Crippen LogP contribution < -0.4 is 0 Å². The number of hydrogen-bond acceptors (Lipinski definition) is 3. The summed E-state index contributed by atoms with van der Waals surface area (Å²) in [6.45, 7) is 6.97. The fraction of sp³-hybridized carbons (Fsp3) is 0.579. The summed E-state index contributed by atoms with van der Waals surface area (Å²) in [5, 5.41) is 9.36. The molecule has 4 heteroatoms. The van der Waals surface area contributed by atoms with E-state index in [2.05, 4.69) is 18.2 Å². The average molecular weight is 312 g/mol. The smallest absolute Gasteiger partial charge is 0.410 e. The summed E-state index contributed by atoms with van der Waals surface area (Å²) < 4.78 is 5.53. The molecule has 2 aliphatic rings. The number of hydrogen-bond donors (Lipinski definition) is 0. The van der Waals surface area contributed by atoms with E-state index in [1.807, 2.05) is 39.0 Å². The number of benzene rings is 1. The number of nitriles is 1. The number of piperidine rings is 1. The van der Waals surface area contributed by atoms with E-state index in [1.165, 1.54) is 5.56 Å². The van der Waals surface area contributed by atoms with Crippen molar-refractivity contribution in [1.82, 2.24) is 4.90 Å². The zero-order valence-electron chi connectivity index (χ0n) is 14.1. The van der Waals surface area contributed by atoms with Gasteiger partial charge in [0, 0.05) is 19.0 Å². The zero-order valence-corrected chi connectivity index (χ0v) is 14.1. The number of carbonyl (C=O) groups excluding carboxylic acids is 1. The molecule has 3 atom stereocenters. The summed E-state index contributed by atoms with van der Waals surface area (Å²) in [5.41, 5.74) is 0.788. The number of rotatable bonds is 1. The molecule has 1 saturated carbocycles. The van der Waals surface area contributed by atoms with Gasteiger partial charge in [-0.15, -0.1) is 0 Å². The third kappa shape index (κ3) is 3.06. The van der Waals surface area contributed by atoms with E-state index in [0.29, 0.717) is 13.1 Å². The minimum absolute atomic E-state index is 0.0502. The van der Waals surface area contributed by atoms with Crippen LogP contribution in [0, 0.1) is 22.7 Å². The lowest BCUT2D eigenvalue weighted by Crippen LogP contribution is -2.46. The van der Waals surface area contributed by atoms with Gasteiger partial charge >= 0.3 is 6.09 Å². The number of likely N-dealkylation sites (tertiary alicyclic amines) is 1. The largest absolute Gasteiger partial charge is 0.444 e. The third-order valence-electron chi connectivity index (χ3n) is 5.07. The number of ether oxygens (including phenoxy) is 1. The highest BCUT2D eigenvalue weighted by atomic mass is 16.6. The van der Waals surface area contributed by atoms with Crippen LogP contribution in [0.5, 0.6) is 0 Å². The van der Waals surface area contributed by atoms with Crippen LogP contribution in [0.3, 0.4) is 0 Å². The van der Waals surface area contributed by atoms with Gasteiger partial charge in [0.2, 0.25) is 0 Å². The van der Waals surface area contributed by atoms with Crippen molar-refractivity contribution in [3.63, 3.8) is 0 Å². The second kappa shape index (κ2) is 5.56. The molecular formula is C19H24N2O2. The Labute approximate surface area is 138 Å². The summed E-state index contributed by atoms with van der Waals surface area (Å²) in [4.78, 5) is 14.2. The first-order valence-corrected chi connectivity index (χ1v) is 8.28. The van der Waals surface area contributed by atoms with E-state index in [9.17, 15) is 10.1 Å². The van der Waals surface area contributed by atoms with Gasteiger partial charge in [0.25, 0.3) is 0 Å². The van der Waals surface area contributed by atoms with E-state index in [-0.39, 0.29) is 23.3 Å². The molecule has 122 valence electrons. The van der Waals surface area contributed by atoms with Crippen molar-refractivity contribution in [1.29, 1.82) is 5.26 Å². The van der Waals surface area contributed by atoms with Crippen LogP contribution in [0.2, 0.25) is 0 Å². The Morgan fingerprint density at radius 1 is 1.35 bits per heavy atom. The van der Waals surface area contributed by atoms with Gasteiger partial charge in [0.05, 0.1) is 12.0 Å². The van der Waals surface area contributed by atoms with Crippen molar-refractivity contribution in [2.24, 2.45) is 11.3 Å². The second-order valence-electron chi connectivity index (χ2n) is 7.76. The Balaban J connectivity index is 1.81. The number of amides is 1. The number of carbonyl (C=O) groups is 1. The topological polar surface area (TPSA) is 53.3 Å². The van der Waals surface area contributed by atoms with Crippen molar-refractivity contribution in [3.05, 3.63) is 35.9 Å². The zero-order chi connectivity index (χ0) is 16.7. The minimum atomic E-state index is -0.483. The lowest BCUT2D eigenvalue weighted by molar-refractivity contribution is 0.0135. The molecule has 0 N–H and O–H groups in total. The Bertz CT molecular complexity index is 629. The standard InChI is InChI=1S/C19H24N2O2/c1-18(2,3)23-17(22)21-10-9-19(11-15(19)12-20)16(13-21)14-7-5-4-6-8-14/h4-8,15-16H,9-11,13H2,1-3H3. The molecule has 3 rings (SSSR count). The van der Waals surface area contributed by atoms with Gasteiger partial charge in [-0.3, -0.25) is 0 Å². The van der Waals surface area contributed by atoms with Crippen LogP contribution in [0.1, 0.15) is 45.1 Å². The molecule has 1 heterocycles. The van der Waals surface area contributed by atoms with E-state index in [1.54, 1.807) is 4.90 Å². The van der Waals surface area contributed by atoms with Crippen LogP contribution in [-0.2, 0) is 4.74 Å². The van der Waals surface area contributed by atoms with Gasteiger partial charge in [-0.1, -0.05) is 30.3 Å². The number of nitrogens with zero attached hydrogens (tertiary/aromatic N) is 2. The monoisotopic (exact) mass is 312 g/mol. The van der Waals surface area contributed by atoms with E-state index < -0.39 is 5.60 Å². The molecular weight excluding hydrogens is 288 g/mol. The molecule has 1 saturated heterocycles. The SMILES string of the molecule is CC(C)(C)OC(=O)N1CCC2(CC2C#N)C(c2ccccc2)C1. The van der Waals surface area contributed by atoms with E-state index in [0.717, 1.165) is 12.8 Å². The van der Waals surface area contributed by atoms with Crippen molar-refractivity contribution < 1.29 is 9.53 Å². The van der Waals surface area contributed by atoms with Crippen LogP contribution in [0.4, 0.5) is 4.79 Å². The minimum Gasteiger partial charge on any atom is -0.444 e. The molecule has 1 aromatic carbocycles. The predicted molar refractivity (Wildman–Crippen MR) is 87.8 cm³/mol. The Hall–Kier alpha value is -2.02. The van der Waals surface area contributed by atoms with Crippen LogP contribution in [-0.4, -0.2) is 29.7 Å². The van der Waals surface area contributed by atoms with Gasteiger partial charge in [0.15, 0.2) is 0 Å². The lowest BCUT2D eigenvalue weighted by Gasteiger charge is -2.40. The normalized spacial score (nSPS) is 29.9. The molecule has 1 aliphatic heterocycles. The van der Waals surface area contributed by atoms with Gasteiger partial charge in [-0.2, -0.15) is 5.26 Å². The molecule has 23 heavy (non-hydrogen) atoms. The highest BCUT2D eigenvalue weighted by Gasteiger charge is 2.61. The van der Waals surface area contributed by atoms with Crippen LogP contribution in [0.15, 0.2) is 30.3 Å². The first-order chi connectivity index (χ1) is 10.9. The van der Waals surface area contributed by atoms with Crippen molar-refractivity contribution in [3.8, 4) is 6.07 Å². The Morgan fingerprint density at radius 2 is 2.04 bits per heavy atom. The van der Waals surface area contributed by atoms with Crippen LogP contribution in [0.25, 0.3) is 0 Å². The first-order valence-electron chi connectivity index (χ1n) is 8.28. The molecule has 0 aromatic heterocycles. The third-order valence-corrected chi connectivity index (χ3v) is 5.07. The van der Waals surface area contributed by atoms with Gasteiger partial charge in [0.1, 0.15) is 5.60 Å². The van der Waals surface area contributed by atoms with E-state index >= 15 is 0 Å². The molecule has 2 fully saturated rings. The Kier molecular flexibility index (Phi) is 3.83. The molecule has 3 unspecified atom stereocenters. The van der Waals surface area contributed by atoms with Gasteiger partial charge in [-0.05, 0) is 44.6 Å². The highest BCUT2D eigenvalue weighted by Crippen LogP contribution is 2.64. The van der Waals surface area contributed by atoms with Gasteiger partial charge < -0.3 is 9.64 Å². The highest BCUT2D eigenvalue weighted by molar-refractivity contribution is 5.68. The van der Waals surface area contributed by atoms with Crippen LogP contribution >= 0.6 is 0 Å². The fourth-order valence-corrected chi connectivity index (χ4v) is 3.78. The molecule has 0 radical (unpaired) electrons. The van der Waals surface area contributed by atoms with Crippen molar-refractivity contribution >= 4 is 6.09 Å².